The third kappa shape index (κ3) is 3.18. The Bertz CT molecular complexity index is 724. The number of rotatable bonds is 2. The molecule has 1 fully saturated rings. The van der Waals surface area contributed by atoms with Gasteiger partial charge < -0.3 is 19.9 Å². The van der Waals surface area contributed by atoms with E-state index in [2.05, 4.69) is 9.97 Å². The van der Waals surface area contributed by atoms with Crippen LogP contribution in [0.2, 0.25) is 0 Å². The molecule has 0 aliphatic carbocycles. The van der Waals surface area contributed by atoms with Gasteiger partial charge in [-0.15, -0.1) is 0 Å². The highest BCUT2D eigenvalue weighted by molar-refractivity contribution is 5.72. The molecule has 3 heterocycles. The van der Waals surface area contributed by atoms with E-state index in [1.165, 1.54) is 10.6 Å². The molecule has 2 aromatic rings. The number of pyridine rings is 1. The Kier molecular flexibility index (Phi) is 4.84. The molecule has 0 bridgehead atoms. The average Bonchev–Trinajstić information content (AvgIpc) is 2.97. The highest BCUT2D eigenvalue weighted by atomic mass is 16.5. The van der Waals surface area contributed by atoms with E-state index >= 15 is 0 Å². The van der Waals surface area contributed by atoms with Crippen molar-refractivity contribution in [1.82, 2.24) is 14.5 Å². The van der Waals surface area contributed by atoms with Gasteiger partial charge in [0.25, 0.3) is 0 Å². The van der Waals surface area contributed by atoms with Crippen LogP contribution >= 0.6 is 0 Å². The Labute approximate surface area is 119 Å². The number of hydrogen-bond donors (Lipinski definition) is 3. The molecule has 0 radical (unpaired) electrons. The van der Waals surface area contributed by atoms with Gasteiger partial charge in [0.05, 0.1) is 12.7 Å². The predicted octanol–water partition coefficient (Wildman–Crippen LogP) is -0.637. The smallest absolute Gasteiger partial charge is 0.351 e. The van der Waals surface area contributed by atoms with Crippen LogP contribution in [-0.2, 0) is 4.74 Å². The molecule has 0 spiro atoms. The lowest BCUT2D eigenvalue weighted by Crippen LogP contribution is -2.28. The number of aliphatic hydroxyl groups is 2. The number of nitrogens with one attached hydrogen (secondary N) is 1. The minimum absolute atomic E-state index is 0.0560. The van der Waals surface area contributed by atoms with Crippen molar-refractivity contribution in [2.75, 3.05) is 13.7 Å². The number of nitrogens with zero attached hydrogens (tertiary/aromatic N) is 2. The molecule has 1 aliphatic rings. The summed E-state index contributed by atoms with van der Waals surface area (Å²) in [4.78, 5) is 29.4. The highest BCUT2D eigenvalue weighted by Crippen LogP contribution is 2.26. The molecule has 2 atom stereocenters. The fourth-order valence-corrected chi connectivity index (χ4v) is 2.26. The first kappa shape index (κ1) is 15.4. The second-order valence-corrected chi connectivity index (χ2v) is 4.53. The maximum Gasteiger partial charge on any atom is 0.351 e. The topological polar surface area (TPSA) is 117 Å². The molecule has 1 saturated heterocycles. The number of fused-ring (bicyclic) bond motifs is 1. The first-order valence-electron chi connectivity index (χ1n) is 6.50. The molecule has 114 valence electrons. The molecule has 3 rings (SSSR count). The van der Waals surface area contributed by atoms with Gasteiger partial charge in [0.2, 0.25) is 5.56 Å². The first-order valence-corrected chi connectivity index (χ1v) is 6.50. The summed E-state index contributed by atoms with van der Waals surface area (Å²) in [6, 6.07) is 2.99. The fourth-order valence-electron chi connectivity index (χ4n) is 2.26. The van der Waals surface area contributed by atoms with Crippen LogP contribution in [0.4, 0.5) is 0 Å². The Balaban J connectivity index is 0.000000774. The van der Waals surface area contributed by atoms with Gasteiger partial charge in [-0.25, -0.2) is 4.79 Å². The van der Waals surface area contributed by atoms with Crippen LogP contribution in [0.3, 0.4) is 0 Å². The Morgan fingerprint density at radius 2 is 2.14 bits per heavy atom. The maximum atomic E-state index is 11.9. The average molecular weight is 295 g/mol. The van der Waals surface area contributed by atoms with Gasteiger partial charge in [0.15, 0.2) is 0 Å². The molecule has 8 heteroatoms. The summed E-state index contributed by atoms with van der Waals surface area (Å²) in [5, 5.41) is 16.7. The van der Waals surface area contributed by atoms with Gasteiger partial charge in [0, 0.05) is 24.8 Å². The normalized spacial score (nSPS) is 21.1. The van der Waals surface area contributed by atoms with Crippen molar-refractivity contribution in [3.63, 3.8) is 0 Å². The van der Waals surface area contributed by atoms with Gasteiger partial charge >= 0.3 is 5.69 Å². The molecule has 1 aliphatic heterocycles. The Hall–Kier alpha value is -2.03. The third-order valence-electron chi connectivity index (χ3n) is 3.23. The lowest BCUT2D eigenvalue weighted by atomic mass is 10.2. The van der Waals surface area contributed by atoms with Crippen LogP contribution in [0.5, 0.6) is 0 Å². The number of hydrogen-bond acceptors (Lipinski definition) is 6. The van der Waals surface area contributed by atoms with Gasteiger partial charge in [-0.2, -0.15) is 4.98 Å². The van der Waals surface area contributed by atoms with Crippen molar-refractivity contribution < 1.29 is 14.9 Å². The molecule has 0 saturated carbocycles. The van der Waals surface area contributed by atoms with Crippen molar-refractivity contribution in [3.8, 4) is 0 Å². The van der Waals surface area contributed by atoms with Crippen molar-refractivity contribution in [3.05, 3.63) is 39.2 Å². The maximum absolute atomic E-state index is 11.9. The van der Waals surface area contributed by atoms with E-state index in [4.69, 9.17) is 14.9 Å². The van der Waals surface area contributed by atoms with E-state index < -0.39 is 11.9 Å². The lowest BCUT2D eigenvalue weighted by Gasteiger charge is -2.14. The first-order chi connectivity index (χ1) is 10.2. The van der Waals surface area contributed by atoms with Gasteiger partial charge in [-0.05, 0) is 18.9 Å². The Morgan fingerprint density at radius 1 is 1.38 bits per heavy atom. The van der Waals surface area contributed by atoms with E-state index in [1.54, 1.807) is 12.3 Å². The van der Waals surface area contributed by atoms with Crippen molar-refractivity contribution in [1.29, 1.82) is 0 Å². The van der Waals surface area contributed by atoms with E-state index in [0.717, 1.165) is 7.11 Å². The highest BCUT2D eigenvalue weighted by Gasteiger charge is 2.26. The Morgan fingerprint density at radius 3 is 2.81 bits per heavy atom. The monoisotopic (exact) mass is 295 g/mol. The number of H-pyrrole nitrogens is 1. The second kappa shape index (κ2) is 6.61. The molecule has 2 aromatic heterocycles. The largest absolute Gasteiger partial charge is 0.400 e. The summed E-state index contributed by atoms with van der Waals surface area (Å²) in [5.41, 5.74) is -0.502. The molecular formula is C13H17N3O5. The molecule has 3 N–H and O–H groups in total. The summed E-state index contributed by atoms with van der Waals surface area (Å²) in [6.07, 6.45) is 2.33. The summed E-state index contributed by atoms with van der Waals surface area (Å²) in [6.45, 7) is -0.0560. The summed E-state index contributed by atoms with van der Waals surface area (Å²) >= 11 is 0. The number of ether oxygens (including phenoxy) is 1. The van der Waals surface area contributed by atoms with E-state index in [9.17, 15) is 9.59 Å². The van der Waals surface area contributed by atoms with E-state index in [0.29, 0.717) is 18.2 Å². The predicted molar refractivity (Wildman–Crippen MR) is 75.0 cm³/mol. The van der Waals surface area contributed by atoms with E-state index in [1.807, 2.05) is 0 Å². The number of aromatic amines is 1. The summed E-state index contributed by atoms with van der Waals surface area (Å²) in [5.74, 6) is 0. The number of aliphatic hydroxyl groups excluding tert-OH is 2. The van der Waals surface area contributed by atoms with Crippen LogP contribution in [-0.4, -0.2) is 44.6 Å². The zero-order chi connectivity index (χ0) is 15.4. The summed E-state index contributed by atoms with van der Waals surface area (Å²) in [7, 11) is 1.00. The second-order valence-electron chi connectivity index (χ2n) is 4.53. The summed E-state index contributed by atoms with van der Waals surface area (Å²) < 4.78 is 6.95. The standard InChI is InChI=1S/C12H13N3O4.CH4O/c16-6-8-2-4-10(19-8)15-5-7-1-3-9(17)13-11(7)14-12(15)18;1-2/h1,3,5,8,10,16H,2,4,6H2,(H,13,14,17,18);2H,1H3/t8-,10?;/m0./s1. The van der Waals surface area contributed by atoms with Crippen LogP contribution in [0, 0.1) is 0 Å². The van der Waals surface area contributed by atoms with Crippen molar-refractivity contribution in [2.24, 2.45) is 0 Å². The van der Waals surface area contributed by atoms with Crippen molar-refractivity contribution in [2.45, 2.75) is 25.2 Å². The zero-order valence-corrected chi connectivity index (χ0v) is 11.5. The molecule has 8 nitrogen and oxygen atoms in total. The molecule has 1 unspecified atom stereocenters. The molecule has 0 aromatic carbocycles. The van der Waals surface area contributed by atoms with Crippen LogP contribution in [0.25, 0.3) is 11.0 Å². The van der Waals surface area contributed by atoms with Gasteiger partial charge in [-0.1, -0.05) is 0 Å². The minimum Gasteiger partial charge on any atom is -0.400 e. The van der Waals surface area contributed by atoms with Crippen LogP contribution < -0.4 is 11.2 Å². The van der Waals surface area contributed by atoms with E-state index in [-0.39, 0.29) is 23.9 Å². The minimum atomic E-state index is -0.474. The fraction of sp³-hybridized carbons (Fsp3) is 0.462. The quantitative estimate of drug-likeness (QED) is 0.678. The molecule has 21 heavy (non-hydrogen) atoms. The lowest BCUT2D eigenvalue weighted by molar-refractivity contribution is -0.0243. The SMILES string of the molecule is CO.O=c1ccc2cn(C3CC[C@@H](CO)O3)c(=O)nc2[nH]1. The molecular weight excluding hydrogens is 278 g/mol. The number of aromatic nitrogens is 3. The van der Waals surface area contributed by atoms with Crippen LogP contribution in [0.1, 0.15) is 19.1 Å². The van der Waals surface area contributed by atoms with Crippen molar-refractivity contribution >= 4 is 11.0 Å². The van der Waals surface area contributed by atoms with Gasteiger partial charge in [0.1, 0.15) is 11.9 Å². The molecule has 0 amide bonds. The van der Waals surface area contributed by atoms with Gasteiger partial charge in [-0.3, -0.25) is 9.36 Å². The third-order valence-corrected chi connectivity index (χ3v) is 3.23. The zero-order valence-electron chi connectivity index (χ0n) is 11.5. The van der Waals surface area contributed by atoms with Crippen LogP contribution in [0.15, 0.2) is 27.9 Å².